The minimum absolute atomic E-state index is 0.0465. The Morgan fingerprint density at radius 1 is 1.21 bits per heavy atom. The summed E-state index contributed by atoms with van der Waals surface area (Å²) in [6.45, 7) is 2.20. The van der Waals surface area contributed by atoms with Crippen LogP contribution in [0.15, 0.2) is 42.6 Å². The predicted octanol–water partition coefficient (Wildman–Crippen LogP) is 2.64. The number of benzene rings is 1. The van der Waals surface area contributed by atoms with Crippen LogP contribution < -0.4 is 19.9 Å². The number of thioether (sulfide) groups is 1. The fourth-order valence-corrected chi connectivity index (χ4v) is 4.55. The van der Waals surface area contributed by atoms with Crippen molar-refractivity contribution in [3.63, 3.8) is 0 Å². The van der Waals surface area contributed by atoms with E-state index in [1.54, 1.807) is 18.2 Å². The zero-order valence-electron chi connectivity index (χ0n) is 16.3. The van der Waals surface area contributed by atoms with Crippen molar-refractivity contribution in [1.82, 2.24) is 4.98 Å². The van der Waals surface area contributed by atoms with E-state index >= 15 is 0 Å². The van der Waals surface area contributed by atoms with Crippen molar-refractivity contribution in [3.05, 3.63) is 42.6 Å². The smallest absolute Gasteiger partial charge is 0.229 e. The topological polar surface area (TPSA) is 74.8 Å². The van der Waals surface area contributed by atoms with Crippen LogP contribution in [0.2, 0.25) is 0 Å². The molecule has 0 aliphatic carbocycles. The van der Waals surface area contributed by atoms with Crippen molar-refractivity contribution >= 4 is 40.8 Å². The molecule has 3 heterocycles. The number of hydrogen-bond donors (Lipinski definition) is 1. The first-order valence-electron chi connectivity index (χ1n) is 9.68. The fraction of sp³-hybridized carbons (Fsp3) is 0.381. The van der Waals surface area contributed by atoms with Gasteiger partial charge in [0.2, 0.25) is 11.8 Å². The van der Waals surface area contributed by atoms with E-state index in [2.05, 4.69) is 15.2 Å². The molecule has 2 aromatic rings. The monoisotopic (exact) mass is 412 g/mol. The Labute approximate surface area is 174 Å². The third kappa shape index (κ3) is 4.32. The molecule has 2 amide bonds. The molecule has 0 unspecified atom stereocenters. The molecule has 2 aliphatic rings. The Hall–Kier alpha value is -2.74. The summed E-state index contributed by atoms with van der Waals surface area (Å²) in [7, 11) is 1.60. The summed E-state index contributed by atoms with van der Waals surface area (Å²) in [6.07, 6.45) is 1.95. The van der Waals surface area contributed by atoms with E-state index in [0.717, 1.165) is 41.8 Å². The third-order valence-corrected chi connectivity index (χ3v) is 6.18. The molecule has 0 saturated carbocycles. The average Bonchev–Trinajstić information content (AvgIpc) is 3.16. The van der Waals surface area contributed by atoms with Gasteiger partial charge in [0.1, 0.15) is 5.75 Å². The third-order valence-electron chi connectivity index (χ3n) is 5.24. The number of pyridine rings is 1. The van der Waals surface area contributed by atoms with Crippen LogP contribution >= 0.6 is 11.8 Å². The van der Waals surface area contributed by atoms with Gasteiger partial charge in [-0.3, -0.25) is 9.59 Å². The van der Waals surface area contributed by atoms with E-state index in [0.29, 0.717) is 12.2 Å². The zero-order chi connectivity index (χ0) is 20.2. The minimum Gasteiger partial charge on any atom is -0.497 e. The number of nitrogens with zero attached hydrogens (tertiary/aromatic N) is 3. The summed E-state index contributed by atoms with van der Waals surface area (Å²) in [5.41, 5.74) is 1.48. The minimum atomic E-state index is -0.394. The molecule has 1 N–H and O–H groups in total. The Bertz CT molecular complexity index is 884. The van der Waals surface area contributed by atoms with Crippen LogP contribution in [0.4, 0.5) is 17.2 Å². The Kier molecular flexibility index (Phi) is 5.89. The van der Waals surface area contributed by atoms with Crippen LogP contribution in [-0.2, 0) is 9.59 Å². The number of nitrogens with one attached hydrogen (secondary N) is 1. The number of rotatable bonds is 5. The molecule has 1 aromatic carbocycles. The van der Waals surface area contributed by atoms with Crippen LogP contribution in [0, 0.1) is 5.92 Å². The Balaban J connectivity index is 1.45. The van der Waals surface area contributed by atoms with E-state index in [4.69, 9.17) is 4.74 Å². The van der Waals surface area contributed by atoms with Crippen LogP contribution in [0.5, 0.6) is 5.75 Å². The zero-order valence-corrected chi connectivity index (χ0v) is 17.2. The van der Waals surface area contributed by atoms with E-state index < -0.39 is 5.92 Å². The highest BCUT2D eigenvalue weighted by Gasteiger charge is 2.35. The highest BCUT2D eigenvalue weighted by molar-refractivity contribution is 7.99. The van der Waals surface area contributed by atoms with Crippen molar-refractivity contribution in [3.8, 4) is 5.75 Å². The first-order chi connectivity index (χ1) is 14.2. The van der Waals surface area contributed by atoms with Crippen molar-refractivity contribution in [2.24, 2.45) is 5.92 Å². The van der Waals surface area contributed by atoms with Gasteiger partial charge < -0.3 is 19.9 Å². The van der Waals surface area contributed by atoms with E-state index in [1.807, 2.05) is 48.2 Å². The van der Waals surface area contributed by atoms with Gasteiger partial charge in [-0.05, 0) is 36.4 Å². The molecule has 152 valence electrons. The summed E-state index contributed by atoms with van der Waals surface area (Å²) >= 11 is 1.93. The van der Waals surface area contributed by atoms with Gasteiger partial charge in [0.25, 0.3) is 0 Å². The molecular weight excluding hydrogens is 388 g/mol. The van der Waals surface area contributed by atoms with Gasteiger partial charge in [-0.1, -0.05) is 0 Å². The van der Waals surface area contributed by atoms with Crippen LogP contribution in [0.25, 0.3) is 0 Å². The van der Waals surface area contributed by atoms with Gasteiger partial charge in [-0.15, -0.1) is 0 Å². The summed E-state index contributed by atoms with van der Waals surface area (Å²) in [4.78, 5) is 33.8. The largest absolute Gasteiger partial charge is 0.497 e. The first-order valence-corrected chi connectivity index (χ1v) is 10.8. The maximum Gasteiger partial charge on any atom is 0.229 e. The molecule has 0 radical (unpaired) electrons. The summed E-state index contributed by atoms with van der Waals surface area (Å²) in [6, 6.07) is 11.0. The lowest BCUT2D eigenvalue weighted by Gasteiger charge is -2.29. The average molecular weight is 413 g/mol. The quantitative estimate of drug-likeness (QED) is 0.814. The summed E-state index contributed by atoms with van der Waals surface area (Å²) in [5, 5.41) is 3.01. The predicted molar refractivity (Wildman–Crippen MR) is 116 cm³/mol. The number of carbonyl (C=O) groups excluding carboxylic acids is 2. The molecule has 8 heteroatoms. The molecule has 7 nitrogen and oxygen atoms in total. The van der Waals surface area contributed by atoms with E-state index in [1.165, 1.54) is 0 Å². The second-order valence-corrected chi connectivity index (χ2v) is 8.29. The molecule has 2 saturated heterocycles. The summed E-state index contributed by atoms with van der Waals surface area (Å²) < 4.78 is 5.17. The number of carbonyl (C=O) groups is 2. The van der Waals surface area contributed by atoms with E-state index in [9.17, 15) is 9.59 Å². The van der Waals surface area contributed by atoms with Crippen LogP contribution in [0.1, 0.15) is 6.42 Å². The summed E-state index contributed by atoms with van der Waals surface area (Å²) in [5.74, 6) is 3.06. The van der Waals surface area contributed by atoms with Gasteiger partial charge in [0, 0.05) is 49.4 Å². The molecule has 0 spiro atoms. The Morgan fingerprint density at radius 2 is 1.97 bits per heavy atom. The maximum atomic E-state index is 12.9. The molecule has 1 atom stereocenters. The molecule has 4 rings (SSSR count). The second-order valence-electron chi connectivity index (χ2n) is 7.07. The van der Waals surface area contributed by atoms with E-state index in [-0.39, 0.29) is 18.2 Å². The standard InChI is InChI=1S/C21H24N4O3S/c1-28-17-6-4-16(5-7-17)25-14-15(13-19(25)26)21(27)23-18-3-2-8-22-20(18)24-9-11-29-12-10-24/h2-8,15H,9-14H2,1H3,(H,23,27)/t15-/m1/s1. The maximum absolute atomic E-state index is 12.9. The van der Waals surface area contributed by atoms with Crippen molar-refractivity contribution in [1.29, 1.82) is 0 Å². The molecule has 2 aliphatic heterocycles. The lowest BCUT2D eigenvalue weighted by Crippen LogP contribution is -2.34. The number of hydrogen-bond acceptors (Lipinski definition) is 6. The van der Waals surface area contributed by atoms with Gasteiger partial charge >= 0.3 is 0 Å². The highest BCUT2D eigenvalue weighted by atomic mass is 32.2. The fourth-order valence-electron chi connectivity index (χ4n) is 3.65. The molecule has 29 heavy (non-hydrogen) atoms. The van der Waals surface area contributed by atoms with Crippen LogP contribution in [-0.4, -0.2) is 55.0 Å². The molecule has 0 bridgehead atoms. The van der Waals surface area contributed by atoms with Gasteiger partial charge in [0.05, 0.1) is 18.7 Å². The van der Waals surface area contributed by atoms with Crippen molar-refractivity contribution in [2.45, 2.75) is 6.42 Å². The van der Waals surface area contributed by atoms with Gasteiger partial charge in [-0.2, -0.15) is 11.8 Å². The van der Waals surface area contributed by atoms with Crippen LogP contribution in [0.3, 0.4) is 0 Å². The lowest BCUT2D eigenvalue weighted by molar-refractivity contribution is -0.122. The SMILES string of the molecule is COc1ccc(N2C[C@H](C(=O)Nc3cccnc3N3CCSCC3)CC2=O)cc1. The normalized spacial score (nSPS) is 19.3. The number of anilines is 3. The van der Waals surface area contributed by atoms with Gasteiger partial charge in [0.15, 0.2) is 5.82 Å². The number of amides is 2. The number of ether oxygens (including phenoxy) is 1. The highest BCUT2D eigenvalue weighted by Crippen LogP contribution is 2.29. The molecular formula is C21H24N4O3S. The first kappa shape index (κ1) is 19.6. The molecule has 1 aromatic heterocycles. The number of methoxy groups -OCH3 is 1. The Morgan fingerprint density at radius 3 is 2.69 bits per heavy atom. The molecule has 2 fully saturated rings. The second kappa shape index (κ2) is 8.73. The lowest BCUT2D eigenvalue weighted by atomic mass is 10.1. The van der Waals surface area contributed by atoms with Crippen molar-refractivity contribution < 1.29 is 14.3 Å². The van der Waals surface area contributed by atoms with Crippen molar-refractivity contribution in [2.75, 3.05) is 53.4 Å². The van der Waals surface area contributed by atoms with Gasteiger partial charge in [-0.25, -0.2) is 4.98 Å². The number of aromatic nitrogens is 1.